The maximum atomic E-state index is 13.0. The lowest BCUT2D eigenvalue weighted by molar-refractivity contribution is 0.0746. The van der Waals surface area contributed by atoms with Crippen LogP contribution in [0.15, 0.2) is 42.6 Å². The molecule has 3 heterocycles. The van der Waals surface area contributed by atoms with Gasteiger partial charge in [-0.25, -0.2) is 4.98 Å². The minimum Gasteiger partial charge on any atom is -0.495 e. The lowest BCUT2D eigenvalue weighted by atomic mass is 10.2. The summed E-state index contributed by atoms with van der Waals surface area (Å²) in [4.78, 5) is 23.8. The molecule has 2 fully saturated rings. The number of morpholine rings is 1. The topological polar surface area (TPSA) is 58.1 Å². The molecule has 0 bridgehead atoms. The number of methoxy groups -OCH3 is 1. The molecule has 1 aromatic carbocycles. The second kappa shape index (κ2) is 8.48. The van der Waals surface area contributed by atoms with E-state index in [0.717, 1.165) is 43.4 Å². The highest BCUT2D eigenvalue weighted by Gasteiger charge is 2.24. The molecule has 0 spiro atoms. The summed E-state index contributed by atoms with van der Waals surface area (Å²) in [5, 5.41) is 0. The number of piperazine rings is 1. The number of carbonyl (C=O) groups is 1. The second-order valence-corrected chi connectivity index (χ2v) is 6.95. The number of nitrogens with zero attached hydrogens (tertiary/aromatic N) is 4. The van der Waals surface area contributed by atoms with Gasteiger partial charge in [-0.15, -0.1) is 0 Å². The van der Waals surface area contributed by atoms with Crippen LogP contribution in [0.1, 0.15) is 10.4 Å². The number of anilines is 2. The molecule has 7 nitrogen and oxygen atoms in total. The Labute approximate surface area is 165 Å². The van der Waals surface area contributed by atoms with Crippen molar-refractivity contribution in [2.24, 2.45) is 0 Å². The van der Waals surface area contributed by atoms with Crippen LogP contribution in [0.2, 0.25) is 0 Å². The first-order valence-corrected chi connectivity index (χ1v) is 9.72. The number of carbonyl (C=O) groups excluding carboxylic acids is 1. The Balaban J connectivity index is 1.41. The molecule has 0 saturated carbocycles. The summed E-state index contributed by atoms with van der Waals surface area (Å²) in [6.07, 6.45) is 1.73. The Hall–Kier alpha value is -2.80. The Bertz CT molecular complexity index is 815. The largest absolute Gasteiger partial charge is 0.495 e. The SMILES string of the molecule is COc1ccccc1N1CCN(C(=O)c2ccnc(N3CCOCC3)c2)CC1. The van der Waals surface area contributed by atoms with Crippen LogP contribution in [0.3, 0.4) is 0 Å². The van der Waals surface area contributed by atoms with E-state index >= 15 is 0 Å². The highest BCUT2D eigenvalue weighted by molar-refractivity contribution is 5.95. The minimum absolute atomic E-state index is 0.0663. The number of ether oxygens (including phenoxy) is 2. The molecule has 2 saturated heterocycles. The van der Waals surface area contributed by atoms with Crippen molar-refractivity contribution in [3.05, 3.63) is 48.2 Å². The number of benzene rings is 1. The minimum atomic E-state index is 0.0663. The standard InChI is InChI=1S/C21H26N4O3/c1-27-19-5-3-2-4-18(19)23-8-10-25(11-9-23)21(26)17-6-7-22-20(16-17)24-12-14-28-15-13-24/h2-7,16H,8-15H2,1H3. The van der Waals surface area contributed by atoms with E-state index < -0.39 is 0 Å². The molecule has 1 amide bonds. The monoisotopic (exact) mass is 382 g/mol. The molecule has 0 N–H and O–H groups in total. The van der Waals surface area contributed by atoms with Gasteiger partial charge in [-0.05, 0) is 24.3 Å². The summed E-state index contributed by atoms with van der Waals surface area (Å²) >= 11 is 0. The van der Waals surface area contributed by atoms with Crippen molar-refractivity contribution in [2.45, 2.75) is 0 Å². The molecule has 2 aromatic rings. The normalized spacial score (nSPS) is 17.5. The van der Waals surface area contributed by atoms with Gasteiger partial charge in [0.25, 0.3) is 5.91 Å². The lowest BCUT2D eigenvalue weighted by Crippen LogP contribution is -2.49. The molecule has 148 valence electrons. The zero-order valence-electron chi connectivity index (χ0n) is 16.2. The smallest absolute Gasteiger partial charge is 0.254 e. The van der Waals surface area contributed by atoms with Crippen LogP contribution in [0, 0.1) is 0 Å². The van der Waals surface area contributed by atoms with Crippen molar-refractivity contribution in [2.75, 3.05) is 69.4 Å². The van der Waals surface area contributed by atoms with Crippen molar-refractivity contribution >= 4 is 17.4 Å². The molecule has 28 heavy (non-hydrogen) atoms. The third-order valence-electron chi connectivity index (χ3n) is 5.32. The van der Waals surface area contributed by atoms with Crippen LogP contribution < -0.4 is 14.5 Å². The summed E-state index contributed by atoms with van der Waals surface area (Å²) in [5.74, 6) is 1.78. The van der Waals surface area contributed by atoms with Gasteiger partial charge in [-0.2, -0.15) is 0 Å². The fraction of sp³-hybridized carbons (Fsp3) is 0.429. The van der Waals surface area contributed by atoms with E-state index in [1.165, 1.54) is 0 Å². The number of pyridine rings is 1. The van der Waals surface area contributed by atoms with Crippen LogP contribution in [-0.4, -0.2) is 75.4 Å². The molecule has 0 unspecified atom stereocenters. The quantitative estimate of drug-likeness (QED) is 0.805. The first-order chi connectivity index (χ1) is 13.8. The van der Waals surface area contributed by atoms with Crippen molar-refractivity contribution in [3.63, 3.8) is 0 Å². The summed E-state index contributed by atoms with van der Waals surface area (Å²) in [5.41, 5.74) is 1.78. The van der Waals surface area contributed by atoms with E-state index in [4.69, 9.17) is 9.47 Å². The number of amides is 1. The summed E-state index contributed by atoms with van der Waals surface area (Å²) in [6, 6.07) is 11.7. The van der Waals surface area contributed by atoms with E-state index in [-0.39, 0.29) is 5.91 Å². The van der Waals surface area contributed by atoms with Gasteiger partial charge in [0.2, 0.25) is 0 Å². The second-order valence-electron chi connectivity index (χ2n) is 6.95. The van der Waals surface area contributed by atoms with E-state index in [9.17, 15) is 4.79 Å². The lowest BCUT2D eigenvalue weighted by Gasteiger charge is -2.36. The third-order valence-corrected chi connectivity index (χ3v) is 5.32. The van der Waals surface area contributed by atoms with Crippen LogP contribution in [-0.2, 0) is 4.74 Å². The Morgan fingerprint density at radius 1 is 1.00 bits per heavy atom. The van der Waals surface area contributed by atoms with Crippen molar-refractivity contribution in [3.8, 4) is 5.75 Å². The average Bonchev–Trinajstić information content (AvgIpc) is 2.79. The number of hydrogen-bond donors (Lipinski definition) is 0. The van der Waals surface area contributed by atoms with Gasteiger partial charge in [0, 0.05) is 51.0 Å². The van der Waals surface area contributed by atoms with Gasteiger partial charge in [0.15, 0.2) is 0 Å². The molecule has 2 aliphatic heterocycles. The van der Waals surface area contributed by atoms with Gasteiger partial charge in [-0.3, -0.25) is 4.79 Å². The van der Waals surface area contributed by atoms with Crippen molar-refractivity contribution in [1.82, 2.24) is 9.88 Å². The van der Waals surface area contributed by atoms with E-state index in [0.29, 0.717) is 31.9 Å². The van der Waals surface area contributed by atoms with Gasteiger partial charge in [0.1, 0.15) is 11.6 Å². The zero-order valence-corrected chi connectivity index (χ0v) is 16.2. The third kappa shape index (κ3) is 3.89. The number of rotatable bonds is 4. The number of para-hydroxylation sites is 2. The van der Waals surface area contributed by atoms with Crippen LogP contribution in [0.4, 0.5) is 11.5 Å². The molecule has 7 heteroatoms. The molecule has 2 aliphatic rings. The summed E-state index contributed by atoms with van der Waals surface area (Å²) < 4.78 is 10.9. The maximum absolute atomic E-state index is 13.0. The van der Waals surface area contributed by atoms with E-state index in [1.807, 2.05) is 29.2 Å². The van der Waals surface area contributed by atoms with Crippen molar-refractivity contribution in [1.29, 1.82) is 0 Å². The number of aromatic nitrogens is 1. The predicted molar refractivity (Wildman–Crippen MR) is 108 cm³/mol. The Kier molecular flexibility index (Phi) is 5.62. The van der Waals surface area contributed by atoms with Crippen LogP contribution in [0.25, 0.3) is 0 Å². The van der Waals surface area contributed by atoms with E-state index in [2.05, 4.69) is 20.9 Å². The summed E-state index contributed by atoms with van der Waals surface area (Å²) in [7, 11) is 1.69. The Morgan fingerprint density at radius 2 is 1.75 bits per heavy atom. The fourth-order valence-corrected chi connectivity index (χ4v) is 3.74. The van der Waals surface area contributed by atoms with Crippen LogP contribution in [0.5, 0.6) is 5.75 Å². The molecule has 0 radical (unpaired) electrons. The predicted octanol–water partition coefficient (Wildman–Crippen LogP) is 1.89. The molecule has 0 atom stereocenters. The van der Waals surface area contributed by atoms with Gasteiger partial charge in [0.05, 0.1) is 26.0 Å². The highest BCUT2D eigenvalue weighted by Crippen LogP contribution is 2.28. The van der Waals surface area contributed by atoms with Crippen molar-refractivity contribution < 1.29 is 14.3 Å². The highest BCUT2D eigenvalue weighted by atomic mass is 16.5. The molecule has 4 rings (SSSR count). The average molecular weight is 382 g/mol. The fourth-order valence-electron chi connectivity index (χ4n) is 3.74. The maximum Gasteiger partial charge on any atom is 0.254 e. The van der Waals surface area contributed by atoms with Gasteiger partial charge in [-0.1, -0.05) is 12.1 Å². The summed E-state index contributed by atoms with van der Waals surface area (Å²) in [6.45, 7) is 5.96. The molecular weight excluding hydrogens is 356 g/mol. The van der Waals surface area contributed by atoms with Crippen LogP contribution >= 0.6 is 0 Å². The van der Waals surface area contributed by atoms with Gasteiger partial charge >= 0.3 is 0 Å². The first-order valence-electron chi connectivity index (χ1n) is 9.72. The zero-order chi connectivity index (χ0) is 19.3. The molecule has 0 aliphatic carbocycles. The van der Waals surface area contributed by atoms with Gasteiger partial charge < -0.3 is 24.2 Å². The molecular formula is C21H26N4O3. The molecule has 1 aromatic heterocycles. The Morgan fingerprint density at radius 3 is 2.50 bits per heavy atom. The first kappa shape index (κ1) is 18.6. The number of hydrogen-bond acceptors (Lipinski definition) is 6. The van der Waals surface area contributed by atoms with E-state index in [1.54, 1.807) is 19.4 Å².